The van der Waals surface area contributed by atoms with Crippen LogP contribution in [0, 0.1) is 0 Å². The molecule has 5 nitrogen and oxygen atoms in total. The van der Waals surface area contributed by atoms with Crippen LogP contribution in [0.5, 0.6) is 11.5 Å². The van der Waals surface area contributed by atoms with E-state index in [0.29, 0.717) is 12.2 Å². The molecule has 1 amide bonds. The predicted octanol–water partition coefficient (Wildman–Crippen LogP) is 3.47. The van der Waals surface area contributed by atoms with Crippen LogP contribution < -0.4 is 9.47 Å². The molecule has 0 unspecified atom stereocenters. The van der Waals surface area contributed by atoms with Crippen molar-refractivity contribution in [2.75, 3.05) is 21.3 Å². The van der Waals surface area contributed by atoms with Crippen molar-refractivity contribution in [3.8, 4) is 11.5 Å². The number of methoxy groups -OCH3 is 2. The van der Waals surface area contributed by atoms with Gasteiger partial charge in [0.25, 0.3) is 5.91 Å². The molecular weight excluding hydrogens is 316 g/mol. The molecule has 0 aliphatic carbocycles. The lowest BCUT2D eigenvalue weighted by Crippen LogP contribution is -2.27. The van der Waals surface area contributed by atoms with E-state index in [2.05, 4.69) is 0 Å². The number of hydrogen-bond donors (Lipinski definition) is 0. The van der Waals surface area contributed by atoms with Gasteiger partial charge in [0, 0.05) is 26.0 Å². The summed E-state index contributed by atoms with van der Waals surface area (Å²) in [5.74, 6) is 1.54. The first-order chi connectivity index (χ1) is 12.0. The van der Waals surface area contributed by atoms with Crippen molar-refractivity contribution in [1.82, 2.24) is 9.47 Å². The monoisotopic (exact) mass is 338 g/mol. The Kier molecular flexibility index (Phi) is 4.65. The summed E-state index contributed by atoms with van der Waals surface area (Å²) in [4.78, 5) is 14.6. The van der Waals surface area contributed by atoms with Gasteiger partial charge in [0.05, 0.1) is 19.7 Å². The summed E-state index contributed by atoms with van der Waals surface area (Å²) in [5, 5.41) is 0.939. The van der Waals surface area contributed by atoms with Gasteiger partial charge >= 0.3 is 0 Å². The lowest BCUT2D eigenvalue weighted by atomic mass is 10.2. The van der Waals surface area contributed by atoms with Crippen LogP contribution in [0.2, 0.25) is 0 Å². The molecule has 1 aromatic heterocycles. The summed E-state index contributed by atoms with van der Waals surface area (Å²) in [7, 11) is 6.98. The number of aryl methyl sites for hydroxylation is 1. The van der Waals surface area contributed by atoms with Gasteiger partial charge in [-0.25, -0.2) is 0 Å². The Labute approximate surface area is 147 Å². The third-order valence-electron chi connectivity index (χ3n) is 4.41. The van der Waals surface area contributed by atoms with Crippen LogP contribution in [0.4, 0.5) is 0 Å². The minimum atomic E-state index is -0.0310. The Morgan fingerprint density at radius 3 is 2.44 bits per heavy atom. The number of rotatable bonds is 5. The number of fused-ring (bicyclic) bond motifs is 1. The minimum absolute atomic E-state index is 0.0310. The van der Waals surface area contributed by atoms with Gasteiger partial charge in [-0.3, -0.25) is 4.79 Å². The number of amides is 1. The van der Waals surface area contributed by atoms with Crippen molar-refractivity contribution in [2.45, 2.75) is 6.54 Å². The molecule has 0 N–H and O–H groups in total. The second kappa shape index (κ2) is 6.89. The molecule has 0 radical (unpaired) electrons. The second-order valence-corrected chi connectivity index (χ2v) is 5.99. The Morgan fingerprint density at radius 2 is 1.80 bits per heavy atom. The molecular formula is C20H22N2O3. The van der Waals surface area contributed by atoms with E-state index in [4.69, 9.17) is 9.47 Å². The standard InChI is InChI=1S/C20H22N2O3/c1-21(13-14-8-10-15(24-3)11-9-14)20(23)18-12-16-17(22(18)2)6-5-7-19(16)25-4/h5-12H,13H2,1-4H3. The van der Waals surface area contributed by atoms with Gasteiger partial charge in [0.2, 0.25) is 0 Å². The number of carbonyl (C=O) groups is 1. The van der Waals surface area contributed by atoms with Crippen molar-refractivity contribution >= 4 is 16.8 Å². The number of carbonyl (C=O) groups excluding carboxylic acids is 1. The fraction of sp³-hybridized carbons (Fsp3) is 0.250. The van der Waals surface area contributed by atoms with Gasteiger partial charge in [-0.15, -0.1) is 0 Å². The molecule has 0 saturated carbocycles. The fourth-order valence-electron chi connectivity index (χ4n) is 2.99. The van der Waals surface area contributed by atoms with Crippen molar-refractivity contribution in [1.29, 1.82) is 0 Å². The molecule has 0 aliphatic heterocycles. The minimum Gasteiger partial charge on any atom is -0.497 e. The predicted molar refractivity (Wildman–Crippen MR) is 98.3 cm³/mol. The quantitative estimate of drug-likeness (QED) is 0.715. The molecule has 25 heavy (non-hydrogen) atoms. The van der Waals surface area contributed by atoms with E-state index in [0.717, 1.165) is 28.0 Å². The van der Waals surface area contributed by atoms with Crippen molar-refractivity contribution in [2.24, 2.45) is 7.05 Å². The van der Waals surface area contributed by atoms with Crippen LogP contribution >= 0.6 is 0 Å². The summed E-state index contributed by atoms with van der Waals surface area (Å²) in [5.41, 5.74) is 2.66. The van der Waals surface area contributed by atoms with E-state index in [-0.39, 0.29) is 5.91 Å². The van der Waals surface area contributed by atoms with Crippen molar-refractivity contribution in [3.05, 3.63) is 59.8 Å². The molecule has 0 aliphatic rings. The van der Waals surface area contributed by atoms with Crippen LogP contribution in [0.3, 0.4) is 0 Å². The third-order valence-corrected chi connectivity index (χ3v) is 4.41. The largest absolute Gasteiger partial charge is 0.497 e. The first-order valence-corrected chi connectivity index (χ1v) is 8.06. The maximum Gasteiger partial charge on any atom is 0.270 e. The van der Waals surface area contributed by atoms with Gasteiger partial charge < -0.3 is 18.9 Å². The number of aromatic nitrogens is 1. The average molecular weight is 338 g/mol. The van der Waals surface area contributed by atoms with Gasteiger partial charge in [0.15, 0.2) is 0 Å². The van der Waals surface area contributed by atoms with Crippen molar-refractivity contribution in [3.63, 3.8) is 0 Å². The highest BCUT2D eigenvalue weighted by molar-refractivity contribution is 6.00. The molecule has 0 bridgehead atoms. The Bertz CT molecular complexity index is 897. The highest BCUT2D eigenvalue weighted by Gasteiger charge is 2.19. The highest BCUT2D eigenvalue weighted by atomic mass is 16.5. The number of ether oxygens (including phenoxy) is 2. The summed E-state index contributed by atoms with van der Waals surface area (Å²) in [6.45, 7) is 0.529. The van der Waals surface area contributed by atoms with Gasteiger partial charge in [-0.05, 0) is 35.9 Å². The summed E-state index contributed by atoms with van der Waals surface area (Å²) < 4.78 is 12.5. The first kappa shape index (κ1) is 16.9. The molecule has 130 valence electrons. The maximum atomic E-state index is 12.9. The molecule has 0 saturated heterocycles. The third kappa shape index (κ3) is 3.18. The molecule has 0 atom stereocenters. The second-order valence-electron chi connectivity index (χ2n) is 5.99. The summed E-state index contributed by atoms with van der Waals surface area (Å²) in [6.07, 6.45) is 0. The van der Waals surface area contributed by atoms with Gasteiger partial charge in [-0.2, -0.15) is 0 Å². The summed E-state index contributed by atoms with van der Waals surface area (Å²) >= 11 is 0. The number of benzene rings is 2. The van der Waals surface area contributed by atoms with Crippen LogP contribution in [0.1, 0.15) is 16.1 Å². The molecule has 3 rings (SSSR count). The SMILES string of the molecule is COc1ccc(CN(C)C(=O)c2cc3c(OC)cccc3n2C)cc1. The zero-order chi connectivity index (χ0) is 18.0. The molecule has 2 aromatic carbocycles. The number of nitrogens with zero attached hydrogens (tertiary/aromatic N) is 2. The van der Waals surface area contributed by atoms with E-state index in [1.807, 2.05) is 67.2 Å². The molecule has 5 heteroatoms. The summed E-state index contributed by atoms with van der Waals surface area (Å²) in [6, 6.07) is 15.4. The van der Waals surface area contributed by atoms with Gasteiger partial charge in [-0.1, -0.05) is 18.2 Å². The molecule has 0 fully saturated rings. The molecule has 0 spiro atoms. The van der Waals surface area contributed by atoms with Crippen LogP contribution in [0.15, 0.2) is 48.5 Å². The van der Waals surface area contributed by atoms with Crippen LogP contribution in [-0.4, -0.2) is 36.6 Å². The van der Waals surface area contributed by atoms with E-state index < -0.39 is 0 Å². The Morgan fingerprint density at radius 1 is 1.08 bits per heavy atom. The Hall–Kier alpha value is -2.95. The van der Waals surface area contributed by atoms with E-state index in [1.165, 1.54) is 0 Å². The molecule has 1 heterocycles. The van der Waals surface area contributed by atoms with Crippen LogP contribution in [-0.2, 0) is 13.6 Å². The number of hydrogen-bond acceptors (Lipinski definition) is 3. The topological polar surface area (TPSA) is 43.7 Å². The Balaban J connectivity index is 1.86. The van der Waals surface area contributed by atoms with E-state index in [1.54, 1.807) is 19.1 Å². The maximum absolute atomic E-state index is 12.9. The normalized spacial score (nSPS) is 10.7. The highest BCUT2D eigenvalue weighted by Crippen LogP contribution is 2.28. The smallest absolute Gasteiger partial charge is 0.270 e. The zero-order valence-electron chi connectivity index (χ0n) is 14.9. The zero-order valence-corrected chi connectivity index (χ0v) is 14.9. The van der Waals surface area contributed by atoms with Gasteiger partial charge in [0.1, 0.15) is 17.2 Å². The molecule has 3 aromatic rings. The van der Waals surface area contributed by atoms with E-state index >= 15 is 0 Å². The van der Waals surface area contributed by atoms with E-state index in [9.17, 15) is 4.79 Å². The lowest BCUT2D eigenvalue weighted by Gasteiger charge is -2.18. The van der Waals surface area contributed by atoms with Crippen LogP contribution in [0.25, 0.3) is 10.9 Å². The first-order valence-electron chi connectivity index (χ1n) is 8.06. The lowest BCUT2D eigenvalue weighted by molar-refractivity contribution is 0.0776. The van der Waals surface area contributed by atoms with Crippen molar-refractivity contribution < 1.29 is 14.3 Å². The fourth-order valence-corrected chi connectivity index (χ4v) is 2.99. The average Bonchev–Trinajstić information content (AvgIpc) is 2.98.